The predicted octanol–water partition coefficient (Wildman–Crippen LogP) is 5.13. The number of rotatable bonds is 3. The van der Waals surface area contributed by atoms with Gasteiger partial charge in [-0.3, -0.25) is 4.40 Å². The Balaban J connectivity index is 1.49. The molecule has 4 heterocycles. The van der Waals surface area contributed by atoms with Crippen molar-refractivity contribution in [3.05, 3.63) is 72.4 Å². The van der Waals surface area contributed by atoms with E-state index in [0.29, 0.717) is 11.8 Å². The Morgan fingerprint density at radius 1 is 0.966 bits per heavy atom. The van der Waals surface area contributed by atoms with Gasteiger partial charge in [-0.25, -0.2) is 9.97 Å². The minimum absolute atomic E-state index is 0.473. The molecule has 0 spiro atoms. The SMILES string of the molecule is C(#Cc1ccc(-c2nc3ccccn3c2NC2CCCCC2)o1)c1ccccn1. The average Bonchev–Trinajstić information content (AvgIpc) is 3.39. The molecule has 1 N–H and O–H groups in total. The summed E-state index contributed by atoms with van der Waals surface area (Å²) in [7, 11) is 0. The van der Waals surface area contributed by atoms with Gasteiger partial charge in [-0.1, -0.05) is 31.4 Å². The molecule has 5 nitrogen and oxygen atoms in total. The van der Waals surface area contributed by atoms with E-state index in [1.165, 1.54) is 32.1 Å². The van der Waals surface area contributed by atoms with Crippen molar-refractivity contribution in [2.24, 2.45) is 0 Å². The summed E-state index contributed by atoms with van der Waals surface area (Å²) >= 11 is 0. The summed E-state index contributed by atoms with van der Waals surface area (Å²) < 4.78 is 8.14. The Bertz CT molecular complexity index is 1170. The molecule has 0 aromatic carbocycles. The van der Waals surface area contributed by atoms with Crippen molar-refractivity contribution in [2.75, 3.05) is 5.32 Å². The molecule has 0 aliphatic heterocycles. The lowest BCUT2D eigenvalue weighted by Gasteiger charge is -2.23. The molecule has 5 rings (SSSR count). The van der Waals surface area contributed by atoms with Crippen molar-refractivity contribution in [3.8, 4) is 23.3 Å². The number of aromatic nitrogens is 3. The molecule has 29 heavy (non-hydrogen) atoms. The standard InChI is InChI=1S/C24H22N4O/c1-2-9-19(10-3-1)26-24-23(27-22-11-5-7-17-28(22)24)21-15-14-20(29-21)13-12-18-8-4-6-16-25-18/h4-8,11,14-17,19,26H,1-3,9-10H2. The molecule has 5 heteroatoms. The molecule has 0 amide bonds. The number of imidazole rings is 1. The topological polar surface area (TPSA) is 55.4 Å². The first-order chi connectivity index (χ1) is 14.4. The zero-order valence-electron chi connectivity index (χ0n) is 16.1. The molecule has 0 saturated heterocycles. The van der Waals surface area contributed by atoms with Gasteiger partial charge in [0.2, 0.25) is 0 Å². The summed E-state index contributed by atoms with van der Waals surface area (Å²) in [5, 5.41) is 3.73. The second kappa shape index (κ2) is 7.84. The summed E-state index contributed by atoms with van der Waals surface area (Å²) in [4.78, 5) is 9.05. The summed E-state index contributed by atoms with van der Waals surface area (Å²) in [6.45, 7) is 0. The largest absolute Gasteiger partial charge is 0.446 e. The van der Waals surface area contributed by atoms with Gasteiger partial charge in [-0.15, -0.1) is 0 Å². The van der Waals surface area contributed by atoms with Crippen LogP contribution in [-0.2, 0) is 0 Å². The quantitative estimate of drug-likeness (QED) is 0.499. The maximum Gasteiger partial charge on any atom is 0.178 e. The van der Waals surface area contributed by atoms with E-state index in [-0.39, 0.29) is 0 Å². The van der Waals surface area contributed by atoms with Gasteiger partial charge in [0, 0.05) is 18.4 Å². The van der Waals surface area contributed by atoms with Crippen LogP contribution in [0.4, 0.5) is 5.82 Å². The summed E-state index contributed by atoms with van der Waals surface area (Å²) in [5.41, 5.74) is 2.45. The van der Waals surface area contributed by atoms with Crippen molar-refractivity contribution in [2.45, 2.75) is 38.1 Å². The van der Waals surface area contributed by atoms with Crippen molar-refractivity contribution in [1.29, 1.82) is 0 Å². The molecule has 4 aromatic heterocycles. The maximum absolute atomic E-state index is 6.03. The van der Waals surface area contributed by atoms with Crippen LogP contribution < -0.4 is 5.32 Å². The number of anilines is 1. The molecule has 0 atom stereocenters. The summed E-state index contributed by atoms with van der Waals surface area (Å²) in [5.74, 6) is 8.40. The molecular formula is C24H22N4O. The molecule has 1 saturated carbocycles. The van der Waals surface area contributed by atoms with E-state index in [4.69, 9.17) is 9.40 Å². The first-order valence-corrected chi connectivity index (χ1v) is 10.1. The van der Waals surface area contributed by atoms with Crippen LogP contribution in [0.5, 0.6) is 0 Å². The van der Waals surface area contributed by atoms with Crippen LogP contribution in [-0.4, -0.2) is 20.4 Å². The van der Waals surface area contributed by atoms with E-state index in [1.54, 1.807) is 6.20 Å². The van der Waals surface area contributed by atoms with E-state index in [2.05, 4.69) is 26.5 Å². The van der Waals surface area contributed by atoms with Gasteiger partial charge in [-0.2, -0.15) is 0 Å². The maximum atomic E-state index is 6.03. The third kappa shape index (κ3) is 3.74. The number of hydrogen-bond acceptors (Lipinski definition) is 4. The number of nitrogens with one attached hydrogen (secondary N) is 1. The molecule has 4 aromatic rings. The van der Waals surface area contributed by atoms with E-state index in [0.717, 1.165) is 28.6 Å². The Kier molecular flexibility index (Phi) is 4.75. The molecule has 1 fully saturated rings. The fourth-order valence-electron chi connectivity index (χ4n) is 3.84. The average molecular weight is 382 g/mol. The Hall–Kier alpha value is -3.52. The number of nitrogens with zero attached hydrogens (tertiary/aromatic N) is 3. The third-order valence-electron chi connectivity index (χ3n) is 5.29. The number of fused-ring (bicyclic) bond motifs is 1. The van der Waals surface area contributed by atoms with Gasteiger partial charge >= 0.3 is 0 Å². The van der Waals surface area contributed by atoms with Crippen LogP contribution in [0.25, 0.3) is 17.1 Å². The smallest absolute Gasteiger partial charge is 0.178 e. The highest BCUT2D eigenvalue weighted by atomic mass is 16.3. The van der Waals surface area contributed by atoms with Gasteiger partial charge in [0.05, 0.1) is 0 Å². The minimum atomic E-state index is 0.473. The zero-order valence-corrected chi connectivity index (χ0v) is 16.1. The van der Waals surface area contributed by atoms with Gasteiger partial charge < -0.3 is 9.73 Å². The Morgan fingerprint density at radius 2 is 1.86 bits per heavy atom. The number of hydrogen-bond donors (Lipinski definition) is 1. The van der Waals surface area contributed by atoms with Crippen molar-refractivity contribution in [3.63, 3.8) is 0 Å². The highest BCUT2D eigenvalue weighted by Crippen LogP contribution is 2.32. The molecule has 0 radical (unpaired) electrons. The molecule has 144 valence electrons. The van der Waals surface area contributed by atoms with Crippen LogP contribution in [0.3, 0.4) is 0 Å². The van der Waals surface area contributed by atoms with Crippen LogP contribution in [0.15, 0.2) is 65.3 Å². The zero-order chi connectivity index (χ0) is 19.5. The molecular weight excluding hydrogens is 360 g/mol. The number of furan rings is 1. The second-order valence-electron chi connectivity index (χ2n) is 7.35. The lowest BCUT2D eigenvalue weighted by atomic mass is 9.95. The van der Waals surface area contributed by atoms with Gasteiger partial charge in [0.15, 0.2) is 11.5 Å². The van der Waals surface area contributed by atoms with Gasteiger partial charge in [-0.05, 0) is 61.1 Å². The molecule has 0 bridgehead atoms. The third-order valence-corrected chi connectivity index (χ3v) is 5.29. The van der Waals surface area contributed by atoms with Crippen LogP contribution in [0, 0.1) is 11.8 Å². The first-order valence-electron chi connectivity index (χ1n) is 10.1. The fraction of sp³-hybridized carbons (Fsp3) is 0.250. The lowest BCUT2D eigenvalue weighted by Crippen LogP contribution is -2.23. The van der Waals surface area contributed by atoms with Gasteiger partial charge in [0.1, 0.15) is 22.9 Å². The summed E-state index contributed by atoms with van der Waals surface area (Å²) in [6.07, 6.45) is 10.0. The van der Waals surface area contributed by atoms with Crippen LogP contribution in [0.1, 0.15) is 43.6 Å². The molecule has 1 aliphatic rings. The van der Waals surface area contributed by atoms with E-state index >= 15 is 0 Å². The van der Waals surface area contributed by atoms with Crippen LogP contribution >= 0.6 is 0 Å². The van der Waals surface area contributed by atoms with Gasteiger partial charge in [0.25, 0.3) is 0 Å². The molecule has 0 unspecified atom stereocenters. The van der Waals surface area contributed by atoms with E-state index in [1.807, 2.05) is 54.7 Å². The normalized spacial score (nSPS) is 14.5. The Labute approximate surface area is 169 Å². The first kappa shape index (κ1) is 17.6. The van der Waals surface area contributed by atoms with Crippen molar-refractivity contribution in [1.82, 2.24) is 14.4 Å². The lowest BCUT2D eigenvalue weighted by molar-refractivity contribution is 0.461. The molecule has 1 aliphatic carbocycles. The highest BCUT2D eigenvalue weighted by molar-refractivity contribution is 5.74. The Morgan fingerprint density at radius 3 is 2.72 bits per heavy atom. The fourth-order valence-corrected chi connectivity index (χ4v) is 3.84. The van der Waals surface area contributed by atoms with E-state index in [9.17, 15) is 0 Å². The number of pyridine rings is 2. The minimum Gasteiger partial charge on any atom is -0.446 e. The second-order valence-corrected chi connectivity index (χ2v) is 7.35. The van der Waals surface area contributed by atoms with Crippen molar-refractivity contribution < 1.29 is 4.42 Å². The van der Waals surface area contributed by atoms with Crippen LogP contribution in [0.2, 0.25) is 0 Å². The highest BCUT2D eigenvalue weighted by Gasteiger charge is 2.21. The predicted molar refractivity (Wildman–Crippen MR) is 114 cm³/mol. The van der Waals surface area contributed by atoms with Crippen molar-refractivity contribution >= 4 is 11.5 Å². The monoisotopic (exact) mass is 382 g/mol. The summed E-state index contributed by atoms with van der Waals surface area (Å²) in [6, 6.07) is 16.0. The van der Waals surface area contributed by atoms with E-state index < -0.39 is 0 Å².